The second-order valence-corrected chi connectivity index (χ2v) is 1.05. The maximum Gasteiger partial charge on any atom is 0.163 e. The third-order valence-corrected chi connectivity index (χ3v) is 0.451. The molecule has 3 nitrogen and oxygen atoms in total. The van der Waals surface area contributed by atoms with E-state index in [4.69, 9.17) is 5.73 Å². The van der Waals surface area contributed by atoms with Gasteiger partial charge in [0.05, 0.1) is 0 Å². The number of hydrogen-bond acceptors (Lipinski definition) is 1. The first kappa shape index (κ1) is 9.17. The van der Waals surface area contributed by atoms with Crippen LogP contribution in [-0.2, 0) is 0 Å². The molecule has 0 aliphatic carbocycles. The second kappa shape index (κ2) is 4.65. The van der Waals surface area contributed by atoms with Crippen LogP contribution in [0.3, 0.4) is 0 Å². The molecule has 0 rings (SSSR count). The average Bonchev–Trinajstić information content (AvgIpc) is 1.38. The van der Waals surface area contributed by atoms with Crippen molar-refractivity contribution in [2.75, 3.05) is 7.05 Å². The van der Waals surface area contributed by atoms with E-state index in [2.05, 4.69) is 17.5 Å². The Kier molecular flexibility index (Phi) is 7.11. The van der Waals surface area contributed by atoms with Gasteiger partial charge in [-0.1, -0.05) is 0 Å². The third-order valence-electron chi connectivity index (χ3n) is 0.246. The number of rotatable bonds is 0. The summed E-state index contributed by atoms with van der Waals surface area (Å²) >= 11 is 4.36. The van der Waals surface area contributed by atoms with Crippen molar-refractivity contribution in [3.8, 4) is 0 Å². The first-order valence-corrected chi connectivity index (χ1v) is 1.65. The number of nitrogens with one attached hydrogen (secondary N) is 1. The van der Waals surface area contributed by atoms with Gasteiger partial charge in [-0.05, 0) is 12.2 Å². The van der Waals surface area contributed by atoms with E-state index in [-0.39, 0.29) is 5.48 Å². The Morgan fingerprint density at radius 3 is 2.00 bits per heavy atom. The zero-order valence-electron chi connectivity index (χ0n) is 3.49. The molecule has 0 aliphatic heterocycles. The largest absolute Gasteiger partial charge is 0.412 e. The summed E-state index contributed by atoms with van der Waals surface area (Å²) in [7, 11) is 1.68. The number of nitrogens with two attached hydrogens (primary N) is 1. The fourth-order valence-electron chi connectivity index (χ4n) is 0. The molecule has 38 valence electrons. The van der Waals surface area contributed by atoms with Gasteiger partial charge in [0, 0.05) is 7.05 Å². The Balaban J connectivity index is 0. The summed E-state index contributed by atoms with van der Waals surface area (Å²) in [6, 6.07) is 0. The quantitative estimate of drug-likeness (QED) is 0.376. The van der Waals surface area contributed by atoms with Crippen LogP contribution in [0.1, 0.15) is 0 Å². The molecule has 6 heavy (non-hydrogen) atoms. The van der Waals surface area contributed by atoms with E-state index in [0.717, 1.165) is 0 Å². The van der Waals surface area contributed by atoms with Crippen LogP contribution >= 0.6 is 12.2 Å². The standard InChI is InChI=1S/C2H6N2S.H2O/c1-4-2(3)5;/h1H3,(H3,3,4,5);1H2. The van der Waals surface area contributed by atoms with E-state index in [1.165, 1.54) is 0 Å². The van der Waals surface area contributed by atoms with Crippen LogP contribution in [0.2, 0.25) is 0 Å². The lowest BCUT2D eigenvalue weighted by Gasteiger charge is -1.85. The molecule has 0 amide bonds. The van der Waals surface area contributed by atoms with Crippen molar-refractivity contribution in [3.63, 3.8) is 0 Å². The van der Waals surface area contributed by atoms with E-state index < -0.39 is 0 Å². The highest BCUT2D eigenvalue weighted by Crippen LogP contribution is 1.43. The zero-order valence-corrected chi connectivity index (χ0v) is 4.30. The summed E-state index contributed by atoms with van der Waals surface area (Å²) in [6.45, 7) is 0. The van der Waals surface area contributed by atoms with Gasteiger partial charge in [-0.25, -0.2) is 0 Å². The fraction of sp³-hybridized carbons (Fsp3) is 0.500. The van der Waals surface area contributed by atoms with Gasteiger partial charge >= 0.3 is 0 Å². The Bertz CT molecular complexity index is 46.8. The van der Waals surface area contributed by atoms with Crippen LogP contribution in [0.15, 0.2) is 0 Å². The van der Waals surface area contributed by atoms with Crippen molar-refractivity contribution in [1.29, 1.82) is 0 Å². The maximum absolute atomic E-state index is 4.91. The molecule has 0 aliphatic rings. The topological polar surface area (TPSA) is 69.5 Å². The molecular formula is C2H8N2OS. The summed E-state index contributed by atoms with van der Waals surface area (Å²) in [5.74, 6) is 0. The molecule has 4 heteroatoms. The normalized spacial score (nSPS) is 5.50. The average molecular weight is 108 g/mol. The van der Waals surface area contributed by atoms with Gasteiger partial charge in [-0.2, -0.15) is 0 Å². The third kappa shape index (κ3) is 9.41. The molecule has 5 N–H and O–H groups in total. The van der Waals surface area contributed by atoms with Gasteiger partial charge in [0.15, 0.2) is 5.11 Å². The molecule has 0 atom stereocenters. The molecule has 0 spiro atoms. The van der Waals surface area contributed by atoms with E-state index in [1.807, 2.05) is 0 Å². The van der Waals surface area contributed by atoms with Crippen molar-refractivity contribution in [3.05, 3.63) is 0 Å². The van der Waals surface area contributed by atoms with Crippen LogP contribution in [0.4, 0.5) is 0 Å². The number of thiocarbonyl (C=S) groups is 1. The van der Waals surface area contributed by atoms with Crippen LogP contribution < -0.4 is 11.1 Å². The second-order valence-electron chi connectivity index (χ2n) is 0.614. The minimum Gasteiger partial charge on any atom is -0.412 e. The van der Waals surface area contributed by atoms with Gasteiger partial charge in [0.2, 0.25) is 0 Å². The summed E-state index contributed by atoms with van der Waals surface area (Å²) in [5.41, 5.74) is 4.91. The van der Waals surface area contributed by atoms with Crippen LogP contribution in [-0.4, -0.2) is 17.6 Å². The van der Waals surface area contributed by atoms with Crippen LogP contribution in [0, 0.1) is 0 Å². The van der Waals surface area contributed by atoms with Crippen molar-refractivity contribution < 1.29 is 5.48 Å². The first-order chi connectivity index (χ1) is 2.27. The predicted molar refractivity (Wildman–Crippen MR) is 29.5 cm³/mol. The van der Waals surface area contributed by atoms with Crippen molar-refractivity contribution in [1.82, 2.24) is 5.32 Å². The Hall–Kier alpha value is -0.350. The van der Waals surface area contributed by atoms with Gasteiger partial charge in [-0.15, -0.1) is 0 Å². The molecular weight excluding hydrogens is 100 g/mol. The van der Waals surface area contributed by atoms with E-state index in [1.54, 1.807) is 7.05 Å². The van der Waals surface area contributed by atoms with Gasteiger partial charge in [0.1, 0.15) is 0 Å². The van der Waals surface area contributed by atoms with Crippen molar-refractivity contribution in [2.45, 2.75) is 0 Å². The lowest BCUT2D eigenvalue weighted by Crippen LogP contribution is -2.24. The molecule has 0 fully saturated rings. The molecule has 0 aromatic heterocycles. The van der Waals surface area contributed by atoms with Crippen molar-refractivity contribution in [2.24, 2.45) is 5.73 Å². The minimum atomic E-state index is 0. The summed E-state index contributed by atoms with van der Waals surface area (Å²) in [4.78, 5) is 0. The maximum atomic E-state index is 4.91. The molecule has 0 saturated carbocycles. The molecule has 0 aromatic rings. The summed E-state index contributed by atoms with van der Waals surface area (Å²) in [5, 5.41) is 2.88. The monoisotopic (exact) mass is 108 g/mol. The lowest BCUT2D eigenvalue weighted by molar-refractivity contribution is 0.824. The number of hydrogen-bond donors (Lipinski definition) is 2. The Labute approximate surface area is 41.8 Å². The SMILES string of the molecule is CNC(N)=S.O. The molecule has 0 radical (unpaired) electrons. The Morgan fingerprint density at radius 2 is 2.00 bits per heavy atom. The van der Waals surface area contributed by atoms with Gasteiger partial charge in [0.25, 0.3) is 0 Å². The van der Waals surface area contributed by atoms with E-state index in [0.29, 0.717) is 5.11 Å². The van der Waals surface area contributed by atoms with Crippen molar-refractivity contribution >= 4 is 17.3 Å². The lowest BCUT2D eigenvalue weighted by atomic mass is 11.1. The highest BCUT2D eigenvalue weighted by molar-refractivity contribution is 7.80. The van der Waals surface area contributed by atoms with Crippen LogP contribution in [0.5, 0.6) is 0 Å². The van der Waals surface area contributed by atoms with Crippen LogP contribution in [0.25, 0.3) is 0 Å². The predicted octanol–water partition coefficient (Wildman–Crippen LogP) is -1.38. The summed E-state index contributed by atoms with van der Waals surface area (Å²) < 4.78 is 0. The molecule has 0 heterocycles. The fourth-order valence-corrected chi connectivity index (χ4v) is 0. The first-order valence-electron chi connectivity index (χ1n) is 1.24. The van der Waals surface area contributed by atoms with Gasteiger partial charge < -0.3 is 16.5 Å². The molecule has 0 unspecified atom stereocenters. The smallest absolute Gasteiger partial charge is 0.163 e. The zero-order chi connectivity index (χ0) is 4.28. The minimum absolute atomic E-state index is 0. The van der Waals surface area contributed by atoms with E-state index in [9.17, 15) is 0 Å². The summed E-state index contributed by atoms with van der Waals surface area (Å²) in [6.07, 6.45) is 0. The highest BCUT2D eigenvalue weighted by atomic mass is 32.1. The molecule has 0 saturated heterocycles. The molecule has 0 bridgehead atoms. The van der Waals surface area contributed by atoms with Gasteiger partial charge in [-0.3, -0.25) is 0 Å². The van der Waals surface area contributed by atoms with E-state index >= 15 is 0 Å². The Morgan fingerprint density at radius 1 is 1.83 bits per heavy atom. The molecule has 0 aromatic carbocycles. The highest BCUT2D eigenvalue weighted by Gasteiger charge is 1.66.